The van der Waals surface area contributed by atoms with Crippen molar-refractivity contribution in [2.24, 2.45) is 0 Å². The zero-order valence-electron chi connectivity index (χ0n) is 17.2. The Bertz CT molecular complexity index is 1050. The van der Waals surface area contributed by atoms with Crippen LogP contribution in [-0.4, -0.2) is 25.0 Å². The van der Waals surface area contributed by atoms with Gasteiger partial charge in [-0.2, -0.15) is 0 Å². The van der Waals surface area contributed by atoms with E-state index >= 15 is 0 Å². The van der Waals surface area contributed by atoms with E-state index in [1.165, 1.54) is 11.3 Å². The number of carbonyl (C=O) groups is 2. The molecule has 1 heterocycles. The van der Waals surface area contributed by atoms with Crippen LogP contribution in [0.3, 0.4) is 0 Å². The Labute approximate surface area is 190 Å². The minimum atomic E-state index is -0.372. The van der Waals surface area contributed by atoms with Gasteiger partial charge in [-0.1, -0.05) is 29.8 Å². The standard InChI is InChI=1S/C23H23ClN2O4S/c1-3-29-20-14-19(26-23(28)16-9-5-6-10-17(16)24)21(30-4-2)13-18(20)25-22(27)12-15-8-7-11-31-15/h5-11,13-14H,3-4,12H2,1-2H3,(H,25,27)(H,26,28). The fourth-order valence-electron chi connectivity index (χ4n) is 2.91. The van der Waals surface area contributed by atoms with E-state index in [-0.39, 0.29) is 18.2 Å². The van der Waals surface area contributed by atoms with Crippen molar-refractivity contribution in [2.45, 2.75) is 20.3 Å². The summed E-state index contributed by atoms with van der Waals surface area (Å²) in [6, 6.07) is 13.9. The number of amides is 2. The van der Waals surface area contributed by atoms with Crippen LogP contribution in [0, 0.1) is 0 Å². The monoisotopic (exact) mass is 458 g/mol. The van der Waals surface area contributed by atoms with Gasteiger partial charge in [0.05, 0.1) is 41.6 Å². The van der Waals surface area contributed by atoms with E-state index in [9.17, 15) is 9.59 Å². The molecule has 0 saturated heterocycles. The van der Waals surface area contributed by atoms with Crippen molar-refractivity contribution in [3.8, 4) is 11.5 Å². The fraction of sp³-hybridized carbons (Fsp3) is 0.217. The molecule has 0 aliphatic heterocycles. The topological polar surface area (TPSA) is 76.7 Å². The first-order valence-electron chi connectivity index (χ1n) is 9.83. The van der Waals surface area contributed by atoms with E-state index in [0.29, 0.717) is 46.7 Å². The van der Waals surface area contributed by atoms with Gasteiger partial charge in [0.2, 0.25) is 5.91 Å². The van der Waals surface area contributed by atoms with Crippen molar-refractivity contribution in [1.82, 2.24) is 0 Å². The lowest BCUT2D eigenvalue weighted by Gasteiger charge is -2.18. The fourth-order valence-corrected chi connectivity index (χ4v) is 3.83. The van der Waals surface area contributed by atoms with Crippen molar-refractivity contribution >= 4 is 46.1 Å². The Kier molecular flexibility index (Phi) is 7.92. The summed E-state index contributed by atoms with van der Waals surface area (Å²) in [5.74, 6) is 0.305. The normalized spacial score (nSPS) is 10.4. The smallest absolute Gasteiger partial charge is 0.257 e. The molecule has 0 radical (unpaired) electrons. The molecule has 8 heteroatoms. The second kappa shape index (κ2) is 10.8. The maximum atomic E-state index is 12.7. The molecule has 31 heavy (non-hydrogen) atoms. The van der Waals surface area contributed by atoms with Gasteiger partial charge in [-0.05, 0) is 37.4 Å². The molecule has 0 aliphatic carbocycles. The molecule has 6 nitrogen and oxygen atoms in total. The molecular weight excluding hydrogens is 436 g/mol. The summed E-state index contributed by atoms with van der Waals surface area (Å²) in [6.45, 7) is 4.45. The molecule has 3 aromatic rings. The van der Waals surface area contributed by atoms with Crippen molar-refractivity contribution in [3.63, 3.8) is 0 Å². The second-order valence-corrected chi connectivity index (χ2v) is 7.89. The number of rotatable bonds is 9. The van der Waals surface area contributed by atoms with Crippen LogP contribution in [0.15, 0.2) is 53.9 Å². The molecule has 0 fully saturated rings. The van der Waals surface area contributed by atoms with E-state index < -0.39 is 0 Å². The maximum Gasteiger partial charge on any atom is 0.257 e. The highest BCUT2D eigenvalue weighted by Crippen LogP contribution is 2.37. The highest BCUT2D eigenvalue weighted by Gasteiger charge is 2.18. The second-order valence-electron chi connectivity index (χ2n) is 6.45. The van der Waals surface area contributed by atoms with Gasteiger partial charge in [0.1, 0.15) is 11.5 Å². The molecular formula is C23H23ClN2O4S. The Morgan fingerprint density at radius 1 is 0.935 bits per heavy atom. The van der Waals surface area contributed by atoms with Crippen LogP contribution in [0.5, 0.6) is 11.5 Å². The summed E-state index contributed by atoms with van der Waals surface area (Å²) in [5, 5.41) is 7.99. The van der Waals surface area contributed by atoms with Gasteiger partial charge < -0.3 is 20.1 Å². The number of hydrogen-bond acceptors (Lipinski definition) is 5. The minimum absolute atomic E-state index is 0.168. The van der Waals surface area contributed by atoms with Gasteiger partial charge in [0.25, 0.3) is 5.91 Å². The largest absolute Gasteiger partial charge is 0.492 e. The number of ether oxygens (including phenoxy) is 2. The first-order chi connectivity index (χ1) is 15.0. The maximum absolute atomic E-state index is 12.7. The van der Waals surface area contributed by atoms with Crippen LogP contribution in [0.25, 0.3) is 0 Å². The summed E-state index contributed by atoms with van der Waals surface area (Å²) < 4.78 is 11.4. The number of carbonyl (C=O) groups excluding carboxylic acids is 2. The molecule has 162 valence electrons. The molecule has 0 unspecified atom stereocenters. The summed E-state index contributed by atoms with van der Waals surface area (Å²) in [5.41, 5.74) is 1.24. The van der Waals surface area contributed by atoms with Crippen molar-refractivity contribution in [3.05, 3.63) is 69.4 Å². The molecule has 0 bridgehead atoms. The number of halogens is 1. The highest BCUT2D eigenvalue weighted by atomic mass is 35.5. The third-order valence-corrected chi connectivity index (χ3v) is 5.44. The molecule has 0 spiro atoms. The summed E-state index contributed by atoms with van der Waals surface area (Å²) in [4.78, 5) is 26.2. The zero-order valence-corrected chi connectivity index (χ0v) is 18.8. The average molecular weight is 459 g/mol. The predicted molar refractivity (Wildman–Crippen MR) is 125 cm³/mol. The number of anilines is 2. The predicted octanol–water partition coefficient (Wildman–Crippen LogP) is 5.63. The van der Waals surface area contributed by atoms with Crippen LogP contribution < -0.4 is 20.1 Å². The zero-order chi connectivity index (χ0) is 22.2. The van der Waals surface area contributed by atoms with E-state index in [1.54, 1.807) is 36.4 Å². The lowest BCUT2D eigenvalue weighted by Crippen LogP contribution is -2.16. The van der Waals surface area contributed by atoms with Gasteiger partial charge in [0, 0.05) is 17.0 Å². The van der Waals surface area contributed by atoms with Gasteiger partial charge >= 0.3 is 0 Å². The first kappa shape index (κ1) is 22.7. The molecule has 0 aliphatic rings. The quantitative estimate of drug-likeness (QED) is 0.435. The van der Waals surface area contributed by atoms with Gasteiger partial charge in [-0.3, -0.25) is 9.59 Å². The highest BCUT2D eigenvalue weighted by molar-refractivity contribution is 7.10. The van der Waals surface area contributed by atoms with Crippen LogP contribution in [0.4, 0.5) is 11.4 Å². The van der Waals surface area contributed by atoms with Crippen molar-refractivity contribution in [2.75, 3.05) is 23.8 Å². The van der Waals surface area contributed by atoms with E-state index in [4.69, 9.17) is 21.1 Å². The average Bonchev–Trinajstić information content (AvgIpc) is 3.24. The Hall–Kier alpha value is -3.03. The van der Waals surface area contributed by atoms with Gasteiger partial charge in [-0.25, -0.2) is 0 Å². The van der Waals surface area contributed by atoms with E-state index in [0.717, 1.165) is 4.88 Å². The lowest BCUT2D eigenvalue weighted by atomic mass is 10.2. The number of benzene rings is 2. The van der Waals surface area contributed by atoms with Crippen LogP contribution in [-0.2, 0) is 11.2 Å². The minimum Gasteiger partial charge on any atom is -0.492 e. The molecule has 0 saturated carbocycles. The summed E-state index contributed by atoms with van der Waals surface area (Å²) in [6.07, 6.45) is 0.262. The summed E-state index contributed by atoms with van der Waals surface area (Å²) in [7, 11) is 0. The Balaban J connectivity index is 1.88. The van der Waals surface area contributed by atoms with Gasteiger partial charge in [-0.15, -0.1) is 11.3 Å². The Morgan fingerprint density at radius 2 is 1.58 bits per heavy atom. The molecule has 3 rings (SSSR count). The summed E-state index contributed by atoms with van der Waals surface area (Å²) >= 11 is 7.67. The number of hydrogen-bond donors (Lipinski definition) is 2. The third-order valence-electron chi connectivity index (χ3n) is 4.24. The number of nitrogens with one attached hydrogen (secondary N) is 2. The first-order valence-corrected chi connectivity index (χ1v) is 11.1. The van der Waals surface area contributed by atoms with Crippen molar-refractivity contribution in [1.29, 1.82) is 0 Å². The van der Waals surface area contributed by atoms with Crippen molar-refractivity contribution < 1.29 is 19.1 Å². The molecule has 1 aromatic heterocycles. The lowest BCUT2D eigenvalue weighted by molar-refractivity contribution is -0.115. The van der Waals surface area contributed by atoms with Gasteiger partial charge in [0.15, 0.2) is 0 Å². The van der Waals surface area contributed by atoms with Crippen LogP contribution in [0.2, 0.25) is 5.02 Å². The van der Waals surface area contributed by atoms with E-state index in [1.807, 2.05) is 31.4 Å². The Morgan fingerprint density at radius 3 is 2.16 bits per heavy atom. The van der Waals surface area contributed by atoms with Crippen LogP contribution in [0.1, 0.15) is 29.1 Å². The van der Waals surface area contributed by atoms with E-state index in [2.05, 4.69) is 10.6 Å². The SMILES string of the molecule is CCOc1cc(NC(=O)c2ccccc2Cl)c(OCC)cc1NC(=O)Cc1cccs1. The third kappa shape index (κ3) is 5.99. The number of thiophene rings is 1. The molecule has 2 aromatic carbocycles. The molecule has 0 atom stereocenters. The molecule has 2 N–H and O–H groups in total. The molecule has 2 amide bonds. The van der Waals surface area contributed by atoms with Crippen LogP contribution >= 0.6 is 22.9 Å².